The molecule has 172 valence electrons. The molecule has 5 rings (SSSR count). The average Bonchev–Trinajstić information content (AvgIpc) is 3.57. The van der Waals surface area contributed by atoms with Crippen molar-refractivity contribution in [3.63, 3.8) is 0 Å². The van der Waals surface area contributed by atoms with Crippen LogP contribution in [0.4, 0.5) is 5.13 Å². The largest absolute Gasteiger partial charge is 0.361 e. The van der Waals surface area contributed by atoms with E-state index in [0.717, 1.165) is 61.7 Å². The lowest BCUT2D eigenvalue weighted by Gasteiger charge is -2.28. The van der Waals surface area contributed by atoms with Gasteiger partial charge in [-0.3, -0.25) is 9.79 Å². The van der Waals surface area contributed by atoms with Crippen molar-refractivity contribution in [1.29, 1.82) is 0 Å². The van der Waals surface area contributed by atoms with Crippen molar-refractivity contribution < 1.29 is 4.79 Å². The Morgan fingerprint density at radius 3 is 3.06 bits per heavy atom. The summed E-state index contributed by atoms with van der Waals surface area (Å²) < 4.78 is 0. The minimum atomic E-state index is 0.232. The molecule has 1 saturated heterocycles. The number of hydrogen-bond acceptors (Lipinski definition) is 5. The normalized spacial score (nSPS) is 16.9. The van der Waals surface area contributed by atoms with Gasteiger partial charge in [0.15, 0.2) is 10.9 Å². The highest BCUT2D eigenvalue weighted by Crippen LogP contribution is 2.32. The number of unbranched alkanes of at least 4 members (excludes halogenated alkanes) is 1. The van der Waals surface area contributed by atoms with Gasteiger partial charge >= 0.3 is 0 Å². The van der Waals surface area contributed by atoms with Crippen LogP contribution in [0, 0.1) is 5.92 Å². The Morgan fingerprint density at radius 2 is 2.18 bits per heavy atom. The van der Waals surface area contributed by atoms with E-state index >= 15 is 0 Å². The molecule has 1 N–H and O–H groups in total. The lowest BCUT2D eigenvalue weighted by Crippen LogP contribution is -2.35. The minimum Gasteiger partial charge on any atom is -0.361 e. The Bertz CT molecular complexity index is 1220. The number of aromatic nitrogens is 2. The molecular formula is C27H32N4OS. The van der Waals surface area contributed by atoms with Gasteiger partial charge in [-0.05, 0) is 48.5 Å². The number of carbonyl (C=O) groups is 1. The molecule has 33 heavy (non-hydrogen) atoms. The highest BCUT2D eigenvalue weighted by Gasteiger charge is 2.27. The molecule has 3 aromatic rings. The second kappa shape index (κ2) is 9.64. The summed E-state index contributed by atoms with van der Waals surface area (Å²) in [4.78, 5) is 29.0. The molecule has 2 aromatic heterocycles. The molecule has 0 bridgehead atoms. The van der Waals surface area contributed by atoms with Crippen LogP contribution in [0.15, 0.2) is 52.8 Å². The molecule has 2 aliphatic rings. The quantitative estimate of drug-likeness (QED) is 0.385. The number of aliphatic imine (C=N–C) groups is 1. The monoisotopic (exact) mass is 460 g/mol. The van der Waals surface area contributed by atoms with Crippen LogP contribution in [0.5, 0.6) is 0 Å². The molecule has 5 nitrogen and oxygen atoms in total. The molecule has 0 saturated carbocycles. The van der Waals surface area contributed by atoms with Crippen LogP contribution in [0.3, 0.4) is 0 Å². The number of fused-ring (bicyclic) bond motifs is 2. The van der Waals surface area contributed by atoms with Crippen molar-refractivity contribution in [1.82, 2.24) is 9.97 Å². The lowest BCUT2D eigenvalue weighted by atomic mass is 9.89. The topological polar surface area (TPSA) is 61.4 Å². The minimum absolute atomic E-state index is 0.232. The second-order valence-corrected chi connectivity index (χ2v) is 10.4. The second-order valence-electron chi connectivity index (χ2n) is 9.40. The maximum atomic E-state index is 13.3. The van der Waals surface area contributed by atoms with Crippen molar-refractivity contribution in [2.75, 3.05) is 24.5 Å². The van der Waals surface area contributed by atoms with Crippen LogP contribution in [-0.2, 0) is 6.42 Å². The van der Waals surface area contributed by atoms with Crippen LogP contribution in [0.25, 0.3) is 10.9 Å². The molecule has 0 aliphatic carbocycles. The number of para-hydroxylation sites is 1. The summed E-state index contributed by atoms with van der Waals surface area (Å²) in [5.74, 6) is 0.581. The molecule has 0 spiro atoms. The predicted molar refractivity (Wildman–Crippen MR) is 138 cm³/mol. The maximum Gasteiger partial charge on any atom is 0.186 e. The molecular weight excluding hydrogens is 428 g/mol. The first kappa shape index (κ1) is 22.1. The van der Waals surface area contributed by atoms with E-state index in [9.17, 15) is 4.79 Å². The SMILES string of the molecule is CCCCC(CC(=O)c1cnc(N2CCC3=NCC(C)=C3C2)s1)Cc1c[nH]c2ccccc12. The zero-order chi connectivity index (χ0) is 22.8. The first-order chi connectivity index (χ1) is 16.1. The number of Topliss-reactive ketones (excluding diaryl/α,β-unsaturated/α-hetero) is 1. The smallest absolute Gasteiger partial charge is 0.186 e. The van der Waals surface area contributed by atoms with Crippen LogP contribution in [0.2, 0.25) is 0 Å². The number of aromatic amines is 1. The van der Waals surface area contributed by atoms with Crippen molar-refractivity contribution in [3.8, 4) is 0 Å². The molecule has 2 aliphatic heterocycles. The van der Waals surface area contributed by atoms with Gasteiger partial charge in [0.1, 0.15) is 0 Å². The van der Waals surface area contributed by atoms with E-state index < -0.39 is 0 Å². The number of piperidine rings is 1. The van der Waals surface area contributed by atoms with Gasteiger partial charge in [0.05, 0.1) is 17.6 Å². The first-order valence-electron chi connectivity index (χ1n) is 12.1. The van der Waals surface area contributed by atoms with Gasteiger partial charge in [0.25, 0.3) is 0 Å². The zero-order valence-corrected chi connectivity index (χ0v) is 20.4. The third-order valence-corrected chi connectivity index (χ3v) is 8.10. The fourth-order valence-corrected chi connectivity index (χ4v) is 5.95. The summed E-state index contributed by atoms with van der Waals surface area (Å²) >= 11 is 1.56. The van der Waals surface area contributed by atoms with Crippen molar-refractivity contribution in [3.05, 3.63) is 58.2 Å². The number of rotatable bonds is 9. The van der Waals surface area contributed by atoms with Gasteiger partial charge in [0.2, 0.25) is 0 Å². The Kier molecular flexibility index (Phi) is 6.45. The molecule has 4 heterocycles. The summed E-state index contributed by atoms with van der Waals surface area (Å²) in [7, 11) is 0. The summed E-state index contributed by atoms with van der Waals surface area (Å²) in [5.41, 5.74) is 6.51. The van der Waals surface area contributed by atoms with Gasteiger partial charge in [-0.2, -0.15) is 0 Å². The van der Waals surface area contributed by atoms with Crippen LogP contribution in [-0.4, -0.2) is 41.1 Å². The van der Waals surface area contributed by atoms with E-state index in [-0.39, 0.29) is 5.78 Å². The van der Waals surface area contributed by atoms with Crippen LogP contribution < -0.4 is 4.90 Å². The number of nitrogens with one attached hydrogen (secondary N) is 1. The number of ketones is 1. The van der Waals surface area contributed by atoms with E-state index in [2.05, 4.69) is 64.2 Å². The fraction of sp³-hybridized carbons (Fsp3) is 0.444. The number of thiazole rings is 1. The lowest BCUT2D eigenvalue weighted by molar-refractivity contribution is 0.0962. The van der Waals surface area contributed by atoms with E-state index in [0.29, 0.717) is 12.3 Å². The van der Waals surface area contributed by atoms with Gasteiger partial charge < -0.3 is 9.88 Å². The van der Waals surface area contributed by atoms with E-state index in [1.54, 1.807) is 17.5 Å². The third kappa shape index (κ3) is 4.67. The zero-order valence-electron chi connectivity index (χ0n) is 19.6. The van der Waals surface area contributed by atoms with E-state index in [1.165, 1.54) is 33.3 Å². The standard InChI is InChI=1S/C27H32N4OS/c1-3-4-7-19(12-20-15-29-23-9-6-5-8-21(20)23)13-25(32)26-16-30-27(33-26)31-11-10-24-22(17-31)18(2)14-28-24/h5-6,8-9,15-16,19,29H,3-4,7,10-14,17H2,1-2H3. The Hall–Kier alpha value is -2.73. The highest BCUT2D eigenvalue weighted by atomic mass is 32.1. The Labute approximate surface area is 199 Å². The van der Waals surface area contributed by atoms with Gasteiger partial charge in [-0.15, -0.1) is 0 Å². The van der Waals surface area contributed by atoms with E-state index in [4.69, 9.17) is 0 Å². The number of anilines is 1. The summed E-state index contributed by atoms with van der Waals surface area (Å²) in [6.45, 7) is 7.03. The molecule has 6 heteroatoms. The van der Waals surface area contributed by atoms with Crippen LogP contribution in [0.1, 0.15) is 61.2 Å². The van der Waals surface area contributed by atoms with Crippen molar-refractivity contribution in [2.24, 2.45) is 10.9 Å². The maximum absolute atomic E-state index is 13.3. The number of carbonyl (C=O) groups excluding carboxylic acids is 1. The predicted octanol–water partition coefficient (Wildman–Crippen LogP) is 6.23. The Morgan fingerprint density at radius 1 is 1.30 bits per heavy atom. The summed E-state index contributed by atoms with van der Waals surface area (Å²) in [6.07, 6.45) is 9.79. The number of H-pyrrole nitrogens is 1. The summed E-state index contributed by atoms with van der Waals surface area (Å²) in [5, 5.41) is 2.24. The molecule has 1 unspecified atom stereocenters. The Balaban J connectivity index is 1.27. The number of nitrogens with zero attached hydrogens (tertiary/aromatic N) is 3. The fourth-order valence-electron chi connectivity index (χ4n) is 5.06. The number of hydrogen-bond donors (Lipinski definition) is 1. The van der Waals surface area contributed by atoms with Gasteiger partial charge in [0, 0.05) is 48.7 Å². The molecule has 1 atom stereocenters. The van der Waals surface area contributed by atoms with Crippen molar-refractivity contribution in [2.45, 2.75) is 52.4 Å². The number of benzene rings is 1. The van der Waals surface area contributed by atoms with E-state index in [1.807, 2.05) is 0 Å². The molecule has 0 amide bonds. The molecule has 1 aromatic carbocycles. The van der Waals surface area contributed by atoms with Gasteiger partial charge in [-0.25, -0.2) is 4.98 Å². The molecule has 0 radical (unpaired) electrons. The average molecular weight is 461 g/mol. The van der Waals surface area contributed by atoms with Crippen molar-refractivity contribution >= 4 is 38.9 Å². The van der Waals surface area contributed by atoms with Crippen LogP contribution >= 0.6 is 11.3 Å². The third-order valence-electron chi connectivity index (χ3n) is 7.00. The molecule has 1 fully saturated rings. The first-order valence-corrected chi connectivity index (χ1v) is 12.9. The van der Waals surface area contributed by atoms with Gasteiger partial charge in [-0.1, -0.05) is 49.3 Å². The summed E-state index contributed by atoms with van der Waals surface area (Å²) in [6, 6.07) is 8.43. The highest BCUT2D eigenvalue weighted by molar-refractivity contribution is 7.17.